The van der Waals surface area contributed by atoms with Gasteiger partial charge in [-0.15, -0.1) is 0 Å². The molecule has 122 valence electrons. The van der Waals surface area contributed by atoms with Crippen molar-refractivity contribution in [2.24, 2.45) is 5.73 Å². The van der Waals surface area contributed by atoms with Crippen LogP contribution in [-0.2, 0) is 0 Å². The number of aryl methyl sites for hydroxylation is 1. The second kappa shape index (κ2) is 6.06. The molecule has 0 bridgehead atoms. The first-order valence-electron chi connectivity index (χ1n) is 7.02. The highest BCUT2D eigenvalue weighted by molar-refractivity contribution is 9.10. The van der Waals surface area contributed by atoms with Crippen molar-refractivity contribution < 1.29 is 13.9 Å². The molecule has 0 saturated carbocycles. The van der Waals surface area contributed by atoms with Crippen molar-refractivity contribution in [2.75, 3.05) is 7.11 Å². The van der Waals surface area contributed by atoms with Crippen LogP contribution in [0.3, 0.4) is 0 Å². The molecule has 0 amide bonds. The zero-order chi connectivity index (χ0) is 17.4. The molecule has 0 aliphatic carbocycles. The first-order valence-corrected chi connectivity index (χ1v) is 7.81. The van der Waals surface area contributed by atoms with Crippen molar-refractivity contribution in [3.8, 4) is 17.6 Å². The molecular weight excluding hydrogens is 376 g/mol. The van der Waals surface area contributed by atoms with Crippen LogP contribution in [-0.4, -0.2) is 7.11 Å². The minimum Gasteiger partial charge on any atom is -0.496 e. The van der Waals surface area contributed by atoms with Crippen LogP contribution in [0.4, 0.5) is 0 Å². The summed E-state index contributed by atoms with van der Waals surface area (Å²) >= 11 is 3.41. The Balaban J connectivity index is 2.28. The lowest BCUT2D eigenvalue weighted by Crippen LogP contribution is -2.26. The molecule has 2 N–H and O–H groups in total. The van der Waals surface area contributed by atoms with Crippen molar-refractivity contribution in [1.29, 1.82) is 5.26 Å². The van der Waals surface area contributed by atoms with Gasteiger partial charge in [0.2, 0.25) is 5.88 Å². The number of nitrogens with two attached hydrogens (primary N) is 1. The molecule has 0 radical (unpaired) electrons. The smallest absolute Gasteiger partial charge is 0.343 e. The highest BCUT2D eigenvalue weighted by atomic mass is 79.9. The Labute approximate surface area is 146 Å². The van der Waals surface area contributed by atoms with E-state index >= 15 is 0 Å². The van der Waals surface area contributed by atoms with E-state index in [1.807, 2.05) is 6.07 Å². The van der Waals surface area contributed by atoms with E-state index in [0.29, 0.717) is 27.3 Å². The average Bonchev–Trinajstić information content (AvgIpc) is 2.53. The highest BCUT2D eigenvalue weighted by Crippen LogP contribution is 2.42. The normalized spacial score (nSPS) is 16.2. The summed E-state index contributed by atoms with van der Waals surface area (Å²) in [5.74, 6) is 0.654. The van der Waals surface area contributed by atoms with Crippen molar-refractivity contribution in [2.45, 2.75) is 12.8 Å². The van der Waals surface area contributed by atoms with Gasteiger partial charge < -0.3 is 19.6 Å². The summed E-state index contributed by atoms with van der Waals surface area (Å²) in [5.41, 5.74) is 6.45. The summed E-state index contributed by atoms with van der Waals surface area (Å²) in [4.78, 5) is 12.4. The van der Waals surface area contributed by atoms with Crippen molar-refractivity contribution >= 4 is 15.9 Å². The lowest BCUT2D eigenvalue weighted by molar-refractivity contribution is 0.371. The first-order chi connectivity index (χ1) is 11.5. The number of allylic oxidation sites excluding steroid dienone is 1. The maximum atomic E-state index is 12.4. The van der Waals surface area contributed by atoms with E-state index < -0.39 is 11.5 Å². The molecule has 0 spiro atoms. The van der Waals surface area contributed by atoms with Gasteiger partial charge in [0.05, 0.1) is 23.1 Å². The number of ether oxygens (including phenoxy) is 2. The van der Waals surface area contributed by atoms with Crippen LogP contribution in [0.15, 0.2) is 49.4 Å². The number of nitriles is 1. The van der Waals surface area contributed by atoms with E-state index in [9.17, 15) is 10.1 Å². The van der Waals surface area contributed by atoms with Crippen LogP contribution in [0.1, 0.15) is 22.8 Å². The quantitative estimate of drug-likeness (QED) is 0.848. The highest BCUT2D eigenvalue weighted by Gasteiger charge is 2.34. The Bertz CT molecular complexity index is 956. The summed E-state index contributed by atoms with van der Waals surface area (Å²) in [6.07, 6.45) is 0. The van der Waals surface area contributed by atoms with Crippen LogP contribution in [0.2, 0.25) is 0 Å². The van der Waals surface area contributed by atoms with Gasteiger partial charge in [-0.25, -0.2) is 4.79 Å². The number of fused-ring (bicyclic) bond motifs is 1. The second-order valence-electron chi connectivity index (χ2n) is 5.24. The summed E-state index contributed by atoms with van der Waals surface area (Å²) in [6, 6.07) is 8.92. The molecule has 1 aromatic carbocycles. The minimum atomic E-state index is -0.669. The molecule has 0 unspecified atom stereocenters. The fourth-order valence-corrected chi connectivity index (χ4v) is 3.27. The average molecular weight is 389 g/mol. The van der Waals surface area contributed by atoms with E-state index in [4.69, 9.17) is 19.6 Å². The van der Waals surface area contributed by atoms with Crippen LogP contribution in [0.5, 0.6) is 11.5 Å². The van der Waals surface area contributed by atoms with Gasteiger partial charge in [0.1, 0.15) is 28.9 Å². The monoisotopic (exact) mass is 388 g/mol. The van der Waals surface area contributed by atoms with Gasteiger partial charge in [-0.1, -0.05) is 6.07 Å². The van der Waals surface area contributed by atoms with E-state index in [-0.39, 0.29) is 17.0 Å². The third kappa shape index (κ3) is 2.55. The molecule has 1 aromatic heterocycles. The van der Waals surface area contributed by atoms with E-state index in [2.05, 4.69) is 15.9 Å². The molecule has 1 atom stereocenters. The Kier molecular flexibility index (Phi) is 4.08. The van der Waals surface area contributed by atoms with Gasteiger partial charge in [0.15, 0.2) is 0 Å². The number of nitrogens with zero attached hydrogens (tertiary/aromatic N) is 1. The van der Waals surface area contributed by atoms with Crippen LogP contribution in [0.25, 0.3) is 0 Å². The van der Waals surface area contributed by atoms with Gasteiger partial charge in [-0.05, 0) is 40.5 Å². The molecule has 7 heteroatoms. The zero-order valence-corrected chi connectivity index (χ0v) is 14.5. The van der Waals surface area contributed by atoms with Crippen molar-refractivity contribution in [1.82, 2.24) is 0 Å². The third-order valence-corrected chi connectivity index (χ3v) is 4.39. The van der Waals surface area contributed by atoms with E-state index in [0.717, 1.165) is 0 Å². The summed E-state index contributed by atoms with van der Waals surface area (Å²) in [5, 5.41) is 9.50. The Morgan fingerprint density at radius 2 is 2.12 bits per heavy atom. The molecule has 2 heterocycles. The fraction of sp³-hybridized carbons (Fsp3) is 0.176. The summed E-state index contributed by atoms with van der Waals surface area (Å²) in [7, 11) is 1.56. The minimum absolute atomic E-state index is 0.0214. The summed E-state index contributed by atoms with van der Waals surface area (Å²) in [6.45, 7) is 1.64. The number of benzene rings is 1. The van der Waals surface area contributed by atoms with Crippen LogP contribution < -0.4 is 20.8 Å². The lowest BCUT2D eigenvalue weighted by atomic mass is 9.84. The molecule has 0 fully saturated rings. The molecular formula is C17H13BrN2O4. The van der Waals surface area contributed by atoms with Gasteiger partial charge in [-0.3, -0.25) is 0 Å². The second-order valence-corrected chi connectivity index (χ2v) is 6.10. The SMILES string of the molecule is COc1ccc([C@H]2C(C#N)=C(N)Oc3cc(C)oc(=O)c32)cc1Br. The van der Waals surface area contributed by atoms with Crippen LogP contribution >= 0.6 is 15.9 Å². The molecule has 0 saturated heterocycles. The lowest BCUT2D eigenvalue weighted by Gasteiger charge is -2.25. The fourth-order valence-electron chi connectivity index (χ4n) is 2.71. The van der Waals surface area contributed by atoms with Gasteiger partial charge >= 0.3 is 5.63 Å². The number of hydrogen-bond acceptors (Lipinski definition) is 6. The van der Waals surface area contributed by atoms with Gasteiger partial charge in [0.25, 0.3) is 0 Å². The van der Waals surface area contributed by atoms with E-state index in [1.54, 1.807) is 38.3 Å². The molecule has 1 aliphatic rings. The Morgan fingerprint density at radius 1 is 1.38 bits per heavy atom. The number of methoxy groups -OCH3 is 1. The topological polar surface area (TPSA) is 98.5 Å². The molecule has 24 heavy (non-hydrogen) atoms. The Morgan fingerprint density at radius 3 is 2.75 bits per heavy atom. The van der Waals surface area contributed by atoms with E-state index in [1.165, 1.54) is 0 Å². The predicted molar refractivity (Wildman–Crippen MR) is 89.7 cm³/mol. The number of hydrogen-bond donors (Lipinski definition) is 1. The largest absolute Gasteiger partial charge is 0.496 e. The maximum absolute atomic E-state index is 12.4. The van der Waals surface area contributed by atoms with Crippen LogP contribution in [0, 0.1) is 18.3 Å². The number of rotatable bonds is 2. The van der Waals surface area contributed by atoms with Gasteiger partial charge in [-0.2, -0.15) is 5.26 Å². The van der Waals surface area contributed by atoms with Crippen molar-refractivity contribution in [3.05, 3.63) is 67.5 Å². The van der Waals surface area contributed by atoms with Crippen molar-refractivity contribution in [3.63, 3.8) is 0 Å². The molecule has 1 aliphatic heterocycles. The first kappa shape index (κ1) is 16.1. The number of halogens is 1. The molecule has 6 nitrogen and oxygen atoms in total. The maximum Gasteiger partial charge on any atom is 0.343 e. The third-order valence-electron chi connectivity index (χ3n) is 3.77. The molecule has 2 aromatic rings. The Hall–Kier alpha value is -2.72. The molecule has 3 rings (SSSR count). The van der Waals surface area contributed by atoms with Gasteiger partial charge in [0, 0.05) is 6.07 Å². The standard InChI is InChI=1S/C17H13BrN2O4/c1-8-5-13-15(17(21)23-8)14(10(7-19)16(20)24-13)9-3-4-12(22-2)11(18)6-9/h3-6,14H,20H2,1-2H3/t14-/m0/s1. The zero-order valence-electron chi connectivity index (χ0n) is 12.9. The summed E-state index contributed by atoms with van der Waals surface area (Å²) < 4.78 is 16.6. The predicted octanol–water partition coefficient (Wildman–Crippen LogP) is 2.94.